The summed E-state index contributed by atoms with van der Waals surface area (Å²) in [6.45, 7) is -0.0981. The van der Waals surface area contributed by atoms with Crippen LogP contribution in [0.4, 0.5) is 11.4 Å². The zero-order valence-corrected chi connectivity index (χ0v) is 15.2. The minimum atomic E-state index is -3.84. The Morgan fingerprint density at radius 3 is 2.44 bits per heavy atom. The van der Waals surface area contributed by atoms with Gasteiger partial charge in [0.2, 0.25) is 15.9 Å². The molecule has 0 atom stereocenters. The lowest BCUT2D eigenvalue weighted by Gasteiger charge is -2.08. The van der Waals surface area contributed by atoms with Gasteiger partial charge in [0.25, 0.3) is 5.69 Å². The second kappa shape index (κ2) is 8.19. The van der Waals surface area contributed by atoms with Crippen LogP contribution >= 0.6 is 15.9 Å². The molecule has 8 nitrogen and oxygen atoms in total. The molecule has 0 saturated heterocycles. The average molecular weight is 428 g/mol. The molecule has 2 N–H and O–H groups in total. The van der Waals surface area contributed by atoms with Crippen molar-refractivity contribution < 1.29 is 18.1 Å². The van der Waals surface area contributed by atoms with Gasteiger partial charge in [0.1, 0.15) is 0 Å². The van der Waals surface area contributed by atoms with Gasteiger partial charge in [-0.3, -0.25) is 14.9 Å². The molecular formula is C15H14BrN3O5S. The molecule has 0 bridgehead atoms. The van der Waals surface area contributed by atoms with Gasteiger partial charge in [-0.05, 0) is 30.3 Å². The van der Waals surface area contributed by atoms with E-state index in [0.29, 0.717) is 5.69 Å². The van der Waals surface area contributed by atoms with Gasteiger partial charge < -0.3 is 5.32 Å². The van der Waals surface area contributed by atoms with Gasteiger partial charge in [0.05, 0.1) is 9.82 Å². The van der Waals surface area contributed by atoms with Gasteiger partial charge in [-0.15, -0.1) is 0 Å². The van der Waals surface area contributed by atoms with Gasteiger partial charge in [-0.2, -0.15) is 0 Å². The smallest absolute Gasteiger partial charge is 0.269 e. The fourth-order valence-electron chi connectivity index (χ4n) is 1.92. The van der Waals surface area contributed by atoms with E-state index in [0.717, 1.165) is 28.7 Å². The number of hydrogen-bond acceptors (Lipinski definition) is 5. The minimum absolute atomic E-state index is 0.0568. The predicted octanol–water partition coefficient (Wildman–Crippen LogP) is 2.66. The highest BCUT2D eigenvalue weighted by molar-refractivity contribution is 9.10. The Kier molecular flexibility index (Phi) is 6.23. The first-order chi connectivity index (χ1) is 11.8. The molecule has 0 unspecified atom stereocenters. The van der Waals surface area contributed by atoms with E-state index in [1.165, 1.54) is 0 Å². The second-order valence-electron chi connectivity index (χ2n) is 4.96. The first-order valence-electron chi connectivity index (χ1n) is 7.07. The second-order valence-corrected chi connectivity index (χ2v) is 7.64. The maximum Gasteiger partial charge on any atom is 0.269 e. The molecule has 1 amide bonds. The van der Waals surface area contributed by atoms with Gasteiger partial charge in [-0.25, -0.2) is 13.1 Å². The van der Waals surface area contributed by atoms with Crippen molar-refractivity contribution in [2.75, 3.05) is 11.9 Å². The van der Waals surface area contributed by atoms with Crippen molar-refractivity contribution >= 4 is 43.2 Å². The summed E-state index contributed by atoms with van der Waals surface area (Å²) in [5.41, 5.74) is 0.393. The van der Waals surface area contributed by atoms with E-state index in [4.69, 9.17) is 0 Å². The van der Waals surface area contributed by atoms with Crippen LogP contribution < -0.4 is 10.0 Å². The standard InChI is InChI=1S/C15H14BrN3O5S/c16-11-2-1-3-12(10-11)18-15(20)8-9-17-25(23,24)14-6-4-13(5-7-14)19(21)22/h1-7,10,17H,8-9H2,(H,18,20). The molecule has 2 rings (SSSR count). The van der Waals surface area contributed by atoms with Crippen molar-refractivity contribution in [3.63, 3.8) is 0 Å². The van der Waals surface area contributed by atoms with Gasteiger partial charge in [0.15, 0.2) is 0 Å². The Morgan fingerprint density at radius 2 is 1.84 bits per heavy atom. The lowest BCUT2D eigenvalue weighted by Crippen LogP contribution is -2.27. The Morgan fingerprint density at radius 1 is 1.16 bits per heavy atom. The maximum atomic E-state index is 12.1. The Labute approximate surface area is 152 Å². The Balaban J connectivity index is 1.89. The number of nitrogens with zero attached hydrogens (tertiary/aromatic N) is 1. The number of carbonyl (C=O) groups excluding carboxylic acids is 1. The van der Waals surface area contributed by atoms with E-state index >= 15 is 0 Å². The Hall–Kier alpha value is -2.30. The summed E-state index contributed by atoms with van der Waals surface area (Å²) in [4.78, 5) is 21.7. The lowest BCUT2D eigenvalue weighted by molar-refractivity contribution is -0.384. The molecule has 0 fully saturated rings. The van der Waals surface area contributed by atoms with Crippen molar-refractivity contribution in [2.45, 2.75) is 11.3 Å². The number of anilines is 1. The summed E-state index contributed by atoms with van der Waals surface area (Å²) in [5.74, 6) is -0.343. The van der Waals surface area contributed by atoms with Crippen LogP contribution in [0.3, 0.4) is 0 Å². The number of halogens is 1. The van der Waals surface area contributed by atoms with Crippen LogP contribution in [0.15, 0.2) is 57.9 Å². The number of nitro groups is 1. The third kappa shape index (κ3) is 5.62. The molecule has 0 aliphatic carbocycles. The molecule has 0 heterocycles. The Bertz CT molecular complexity index is 884. The summed E-state index contributed by atoms with van der Waals surface area (Å²) in [5, 5.41) is 13.2. The van der Waals surface area contributed by atoms with Crippen LogP contribution in [0, 0.1) is 10.1 Å². The molecule has 2 aromatic carbocycles. The zero-order valence-electron chi connectivity index (χ0n) is 12.8. The van der Waals surface area contributed by atoms with Gasteiger partial charge >= 0.3 is 0 Å². The number of benzene rings is 2. The summed E-state index contributed by atoms with van der Waals surface area (Å²) in [6, 6.07) is 11.5. The number of nitro benzene ring substituents is 1. The van der Waals surface area contributed by atoms with Crippen molar-refractivity contribution in [2.24, 2.45) is 0 Å². The van der Waals surface area contributed by atoms with Crippen molar-refractivity contribution in [3.8, 4) is 0 Å². The first kappa shape index (κ1) is 19.0. The fraction of sp³-hybridized carbons (Fsp3) is 0.133. The average Bonchev–Trinajstić information content (AvgIpc) is 2.54. The van der Waals surface area contributed by atoms with Crippen LogP contribution in [0.2, 0.25) is 0 Å². The molecule has 132 valence electrons. The van der Waals surface area contributed by atoms with Crippen LogP contribution in [-0.2, 0) is 14.8 Å². The quantitative estimate of drug-likeness (QED) is 0.519. The van der Waals surface area contributed by atoms with Crippen LogP contribution in [0.25, 0.3) is 0 Å². The highest BCUT2D eigenvalue weighted by atomic mass is 79.9. The minimum Gasteiger partial charge on any atom is -0.326 e. The molecule has 0 aromatic heterocycles. The number of non-ortho nitro benzene ring substituents is 1. The zero-order chi connectivity index (χ0) is 18.4. The molecule has 0 spiro atoms. The summed E-state index contributed by atoms with van der Waals surface area (Å²) < 4.78 is 27.3. The molecular weight excluding hydrogens is 414 g/mol. The highest BCUT2D eigenvalue weighted by Crippen LogP contribution is 2.16. The monoisotopic (exact) mass is 427 g/mol. The van der Waals surface area contributed by atoms with E-state index in [1.807, 2.05) is 6.07 Å². The van der Waals surface area contributed by atoms with Crippen molar-refractivity contribution in [1.29, 1.82) is 0 Å². The van der Waals surface area contributed by atoms with Crippen molar-refractivity contribution in [3.05, 3.63) is 63.1 Å². The fourth-order valence-corrected chi connectivity index (χ4v) is 3.35. The number of rotatable bonds is 7. The van der Waals surface area contributed by atoms with E-state index in [-0.39, 0.29) is 29.5 Å². The number of sulfonamides is 1. The van der Waals surface area contributed by atoms with Gasteiger partial charge in [-0.1, -0.05) is 22.0 Å². The van der Waals surface area contributed by atoms with E-state index in [2.05, 4.69) is 26.0 Å². The first-order valence-corrected chi connectivity index (χ1v) is 9.35. The summed E-state index contributed by atoms with van der Waals surface area (Å²) in [6.07, 6.45) is -0.0568. The number of amides is 1. The lowest BCUT2D eigenvalue weighted by atomic mass is 10.3. The van der Waals surface area contributed by atoms with Crippen LogP contribution in [0.1, 0.15) is 6.42 Å². The summed E-state index contributed by atoms with van der Waals surface area (Å²) >= 11 is 3.29. The van der Waals surface area contributed by atoms with Crippen LogP contribution in [0.5, 0.6) is 0 Å². The number of hydrogen-bond donors (Lipinski definition) is 2. The molecule has 2 aromatic rings. The normalized spacial score (nSPS) is 11.1. The SMILES string of the molecule is O=C(CCNS(=O)(=O)c1ccc([N+](=O)[O-])cc1)Nc1cccc(Br)c1. The van der Waals surface area contributed by atoms with Gasteiger partial charge in [0, 0.05) is 35.3 Å². The third-order valence-electron chi connectivity index (χ3n) is 3.11. The van der Waals surface area contributed by atoms with Crippen molar-refractivity contribution in [1.82, 2.24) is 4.72 Å². The van der Waals surface area contributed by atoms with E-state index in [9.17, 15) is 23.3 Å². The summed E-state index contributed by atoms with van der Waals surface area (Å²) in [7, 11) is -3.84. The van der Waals surface area contributed by atoms with E-state index in [1.54, 1.807) is 18.2 Å². The third-order valence-corrected chi connectivity index (χ3v) is 5.08. The van der Waals surface area contributed by atoms with Crippen LogP contribution in [-0.4, -0.2) is 25.8 Å². The molecule has 10 heteroatoms. The van der Waals surface area contributed by atoms with E-state index < -0.39 is 14.9 Å². The predicted molar refractivity (Wildman–Crippen MR) is 95.7 cm³/mol. The molecule has 0 radical (unpaired) electrons. The molecule has 0 saturated carbocycles. The maximum absolute atomic E-state index is 12.1. The number of carbonyl (C=O) groups is 1. The largest absolute Gasteiger partial charge is 0.326 e. The molecule has 0 aliphatic rings. The highest BCUT2D eigenvalue weighted by Gasteiger charge is 2.16. The molecule has 0 aliphatic heterocycles. The number of nitrogens with one attached hydrogen (secondary N) is 2. The topological polar surface area (TPSA) is 118 Å². The molecule has 25 heavy (non-hydrogen) atoms.